The van der Waals surface area contributed by atoms with Crippen molar-refractivity contribution in [2.45, 2.75) is 5.88 Å². The highest BCUT2D eigenvalue weighted by Gasteiger charge is 2.24. The zero-order chi connectivity index (χ0) is 18.0. The molecule has 2 heterocycles. The number of ether oxygens (including phenoxy) is 1. The second-order valence-corrected chi connectivity index (χ2v) is 5.21. The van der Waals surface area contributed by atoms with Gasteiger partial charge in [-0.1, -0.05) is 17.3 Å². The molecule has 0 fully saturated rings. The highest BCUT2D eigenvalue weighted by Crippen LogP contribution is 2.30. The van der Waals surface area contributed by atoms with Gasteiger partial charge in [-0.25, -0.2) is 4.79 Å². The number of methoxy groups -OCH3 is 1. The molecular weight excluding hydrogens is 346 g/mol. The third kappa shape index (κ3) is 2.81. The van der Waals surface area contributed by atoms with Crippen LogP contribution in [-0.4, -0.2) is 27.8 Å². The van der Waals surface area contributed by atoms with E-state index in [9.17, 15) is 10.1 Å². The number of halogens is 1. The van der Waals surface area contributed by atoms with Gasteiger partial charge in [0.1, 0.15) is 11.9 Å². The summed E-state index contributed by atoms with van der Waals surface area (Å²) in [6.45, 7) is 0. The van der Waals surface area contributed by atoms with Crippen molar-refractivity contribution in [3.63, 3.8) is 0 Å². The Morgan fingerprint density at radius 3 is 2.88 bits per heavy atom. The number of nitrogen functional groups attached to an aromatic ring is 1. The van der Waals surface area contributed by atoms with Gasteiger partial charge in [-0.2, -0.15) is 10.2 Å². The molecule has 0 saturated carbocycles. The van der Waals surface area contributed by atoms with E-state index in [1.807, 2.05) is 6.07 Å². The summed E-state index contributed by atoms with van der Waals surface area (Å²) < 4.78 is 11.3. The van der Waals surface area contributed by atoms with Crippen molar-refractivity contribution in [2.75, 3.05) is 12.8 Å². The van der Waals surface area contributed by atoms with Gasteiger partial charge >= 0.3 is 5.97 Å². The van der Waals surface area contributed by atoms with Crippen LogP contribution in [0.4, 0.5) is 5.69 Å². The second-order valence-electron chi connectivity index (χ2n) is 4.94. The third-order valence-electron chi connectivity index (χ3n) is 3.53. The molecule has 0 atom stereocenters. The number of anilines is 1. The summed E-state index contributed by atoms with van der Waals surface area (Å²) in [6.07, 6.45) is 1.46. The summed E-state index contributed by atoms with van der Waals surface area (Å²) in [5, 5.41) is 13.1. The molecule has 0 unspecified atom stereocenters. The van der Waals surface area contributed by atoms with Crippen molar-refractivity contribution in [1.29, 1.82) is 5.26 Å². The predicted molar refractivity (Wildman–Crippen MR) is 89.1 cm³/mol. The second kappa shape index (κ2) is 6.67. The van der Waals surface area contributed by atoms with E-state index in [-0.39, 0.29) is 28.7 Å². The van der Waals surface area contributed by atoms with Gasteiger partial charge in [0.15, 0.2) is 5.69 Å². The van der Waals surface area contributed by atoms with Crippen molar-refractivity contribution in [3.05, 3.63) is 47.6 Å². The van der Waals surface area contributed by atoms with Crippen LogP contribution in [0.15, 0.2) is 35.0 Å². The Kier molecular flexibility index (Phi) is 4.41. The molecule has 0 aliphatic rings. The number of hydrogen-bond acceptors (Lipinski definition) is 7. The van der Waals surface area contributed by atoms with E-state index in [1.165, 1.54) is 17.9 Å². The van der Waals surface area contributed by atoms with E-state index < -0.39 is 5.97 Å². The summed E-state index contributed by atoms with van der Waals surface area (Å²) in [5.74, 6) is -0.0157. The molecule has 0 radical (unpaired) electrons. The molecule has 126 valence electrons. The van der Waals surface area contributed by atoms with Gasteiger partial charge in [-0.15, -0.1) is 11.6 Å². The molecule has 0 spiro atoms. The summed E-state index contributed by atoms with van der Waals surface area (Å²) in [4.78, 5) is 16.3. The van der Waals surface area contributed by atoms with Crippen LogP contribution in [0.5, 0.6) is 0 Å². The summed E-state index contributed by atoms with van der Waals surface area (Å²) in [5.41, 5.74) is 7.29. The molecule has 0 amide bonds. The molecule has 2 aromatic heterocycles. The maximum Gasteiger partial charge on any atom is 0.357 e. The van der Waals surface area contributed by atoms with Gasteiger partial charge in [0.05, 0.1) is 24.0 Å². The lowest BCUT2D eigenvalue weighted by Crippen LogP contribution is -2.11. The number of hydrogen-bond donors (Lipinski definition) is 1. The van der Waals surface area contributed by atoms with Gasteiger partial charge < -0.3 is 19.6 Å². The maximum absolute atomic E-state index is 12.2. The summed E-state index contributed by atoms with van der Waals surface area (Å²) >= 11 is 5.70. The number of carbonyl (C=O) groups excluding carboxylic acids is 1. The van der Waals surface area contributed by atoms with E-state index in [1.54, 1.807) is 24.3 Å². The van der Waals surface area contributed by atoms with Crippen LogP contribution in [0.1, 0.15) is 21.9 Å². The number of benzene rings is 1. The van der Waals surface area contributed by atoms with Crippen LogP contribution in [0.3, 0.4) is 0 Å². The Morgan fingerprint density at radius 1 is 1.48 bits per heavy atom. The van der Waals surface area contributed by atoms with Crippen LogP contribution in [-0.2, 0) is 10.6 Å². The lowest BCUT2D eigenvalue weighted by molar-refractivity contribution is 0.0593. The first-order valence-corrected chi connectivity index (χ1v) is 7.61. The van der Waals surface area contributed by atoms with Gasteiger partial charge in [0.25, 0.3) is 0 Å². The topological polar surface area (TPSA) is 120 Å². The number of nitriles is 1. The number of para-hydroxylation sites is 1. The van der Waals surface area contributed by atoms with E-state index >= 15 is 0 Å². The third-order valence-corrected chi connectivity index (χ3v) is 3.76. The number of carbonyl (C=O) groups is 1. The molecular formula is C16H12ClN5O3. The highest BCUT2D eigenvalue weighted by molar-refractivity contribution is 6.16. The molecule has 3 aromatic rings. The van der Waals surface area contributed by atoms with Gasteiger partial charge in [-0.05, 0) is 12.1 Å². The monoisotopic (exact) mass is 357 g/mol. The van der Waals surface area contributed by atoms with E-state index in [0.717, 1.165) is 0 Å². The van der Waals surface area contributed by atoms with Gasteiger partial charge in [-0.3, -0.25) is 0 Å². The molecule has 0 aliphatic heterocycles. The average Bonchev–Trinajstić information content (AvgIpc) is 3.25. The minimum absolute atomic E-state index is 0.0405. The van der Waals surface area contributed by atoms with Crippen LogP contribution in [0.25, 0.3) is 17.1 Å². The first-order chi connectivity index (χ1) is 12.1. The molecule has 1 aromatic carbocycles. The molecule has 0 aliphatic carbocycles. The molecule has 8 nitrogen and oxygen atoms in total. The fourth-order valence-electron chi connectivity index (χ4n) is 2.40. The Bertz CT molecular complexity index is 986. The lowest BCUT2D eigenvalue weighted by atomic mass is 10.1. The summed E-state index contributed by atoms with van der Waals surface area (Å²) in [7, 11) is 1.24. The lowest BCUT2D eigenvalue weighted by Gasteiger charge is -2.11. The quantitative estimate of drug-likeness (QED) is 0.562. The van der Waals surface area contributed by atoms with Crippen LogP contribution < -0.4 is 5.73 Å². The van der Waals surface area contributed by atoms with Gasteiger partial charge in [0.2, 0.25) is 11.7 Å². The van der Waals surface area contributed by atoms with E-state index in [0.29, 0.717) is 17.1 Å². The highest BCUT2D eigenvalue weighted by atomic mass is 35.5. The number of alkyl halides is 1. The van der Waals surface area contributed by atoms with Crippen molar-refractivity contribution >= 4 is 23.3 Å². The minimum atomic E-state index is -0.664. The normalized spacial score (nSPS) is 10.4. The van der Waals surface area contributed by atoms with Crippen molar-refractivity contribution in [3.8, 4) is 23.1 Å². The van der Waals surface area contributed by atoms with Crippen LogP contribution in [0.2, 0.25) is 0 Å². The zero-order valence-corrected chi connectivity index (χ0v) is 13.8. The molecule has 9 heteroatoms. The van der Waals surface area contributed by atoms with E-state index in [2.05, 4.69) is 10.1 Å². The summed E-state index contributed by atoms with van der Waals surface area (Å²) in [6, 6.07) is 8.99. The zero-order valence-electron chi connectivity index (χ0n) is 13.1. The Morgan fingerprint density at radius 2 is 2.24 bits per heavy atom. The molecule has 2 N–H and O–H groups in total. The maximum atomic E-state index is 12.2. The fourth-order valence-corrected chi connectivity index (χ4v) is 2.50. The molecule has 0 bridgehead atoms. The predicted octanol–water partition coefficient (Wildman–Crippen LogP) is 2.51. The number of rotatable bonds is 4. The van der Waals surface area contributed by atoms with Crippen molar-refractivity contribution in [2.24, 2.45) is 0 Å². The van der Waals surface area contributed by atoms with Crippen LogP contribution in [0, 0.1) is 11.3 Å². The molecule has 0 saturated heterocycles. The Hall–Kier alpha value is -3.31. The first-order valence-electron chi connectivity index (χ1n) is 7.08. The Labute approximate surface area is 147 Å². The van der Waals surface area contributed by atoms with Gasteiger partial charge in [0, 0.05) is 11.8 Å². The molecule has 25 heavy (non-hydrogen) atoms. The van der Waals surface area contributed by atoms with Crippen molar-refractivity contribution < 1.29 is 14.1 Å². The number of esters is 1. The minimum Gasteiger partial charge on any atom is -0.464 e. The largest absolute Gasteiger partial charge is 0.464 e. The van der Waals surface area contributed by atoms with E-state index in [4.69, 9.17) is 26.6 Å². The number of nitrogens with two attached hydrogens (primary N) is 1. The SMILES string of the molecule is COC(=O)c1c(N)c(C#N)cn1-c1ccccc1-c1noc(CCl)n1. The smallest absolute Gasteiger partial charge is 0.357 e. The first kappa shape index (κ1) is 16.5. The number of nitrogens with zero attached hydrogens (tertiary/aromatic N) is 4. The number of aromatic nitrogens is 3. The van der Waals surface area contributed by atoms with Crippen LogP contribution >= 0.6 is 11.6 Å². The van der Waals surface area contributed by atoms with Crippen molar-refractivity contribution in [1.82, 2.24) is 14.7 Å². The fraction of sp³-hybridized carbons (Fsp3) is 0.125. The average molecular weight is 358 g/mol. The Balaban J connectivity index is 2.25. The molecule has 3 rings (SSSR count). The standard InChI is InChI=1S/C16H12ClN5O3/c1-24-16(23)14-13(19)9(7-18)8-22(14)11-5-3-2-4-10(11)15-20-12(6-17)25-21-15/h2-5,8H,6,19H2,1H3.